The van der Waals surface area contributed by atoms with Crippen LogP contribution in [0.2, 0.25) is 0 Å². The molecule has 1 N–H and O–H groups in total. The van der Waals surface area contributed by atoms with Crippen molar-refractivity contribution in [3.63, 3.8) is 0 Å². The lowest BCUT2D eigenvalue weighted by Crippen LogP contribution is -2.40. The molecule has 144 valence electrons. The first-order valence-electron chi connectivity index (χ1n) is 8.81. The molecule has 1 aliphatic heterocycles. The minimum absolute atomic E-state index is 0.0845. The topological polar surface area (TPSA) is 97.8 Å². The van der Waals surface area contributed by atoms with Gasteiger partial charge in [-0.15, -0.1) is 0 Å². The van der Waals surface area contributed by atoms with Crippen LogP contribution in [0, 0.1) is 10.1 Å². The molecule has 3 rings (SSSR count). The molecule has 27 heavy (non-hydrogen) atoms. The minimum atomic E-state index is -0.672. The molecule has 0 bridgehead atoms. The van der Waals surface area contributed by atoms with Crippen LogP contribution < -0.4 is 5.32 Å². The van der Waals surface area contributed by atoms with Crippen LogP contribution >= 0.6 is 0 Å². The molecule has 1 fully saturated rings. The van der Waals surface area contributed by atoms with E-state index in [1.807, 2.05) is 26.0 Å². The van der Waals surface area contributed by atoms with Crippen LogP contribution in [0.5, 0.6) is 0 Å². The molecule has 0 radical (unpaired) electrons. The van der Waals surface area contributed by atoms with E-state index in [2.05, 4.69) is 22.3 Å². The summed E-state index contributed by atoms with van der Waals surface area (Å²) in [5.74, 6) is -1.03. The number of nitrogens with one attached hydrogen (secondary N) is 1. The zero-order chi connectivity index (χ0) is 19.4. The molecule has 8 heteroatoms. The Morgan fingerprint density at radius 3 is 2.44 bits per heavy atom. The molecule has 0 atom stereocenters. The molecule has 2 heterocycles. The van der Waals surface area contributed by atoms with Gasteiger partial charge < -0.3 is 14.5 Å². The highest BCUT2D eigenvalue weighted by Crippen LogP contribution is 2.23. The van der Waals surface area contributed by atoms with Crippen molar-refractivity contribution in [2.24, 2.45) is 0 Å². The average Bonchev–Trinajstić information content (AvgIpc) is 3.13. The van der Waals surface area contributed by atoms with E-state index in [-0.39, 0.29) is 5.76 Å². The fourth-order valence-corrected chi connectivity index (χ4v) is 3.01. The lowest BCUT2D eigenvalue weighted by molar-refractivity contribution is -0.402. The smallest absolute Gasteiger partial charge is 0.395 e. The van der Waals surface area contributed by atoms with E-state index in [0.717, 1.165) is 38.4 Å². The predicted molar refractivity (Wildman–Crippen MR) is 98.4 cm³/mol. The van der Waals surface area contributed by atoms with Crippen LogP contribution in [0.1, 0.15) is 35.5 Å². The maximum Gasteiger partial charge on any atom is 0.433 e. The standard InChI is InChI=1S/C19H23N3O5/c1-19(2,20-18(23)16-7-8-17(27-16)22(24)25)15-5-3-14(4-6-15)13-21-9-11-26-12-10-21/h3-8H,9-13H2,1-2H3,(H,20,23). The lowest BCUT2D eigenvalue weighted by Gasteiger charge is -2.28. The third-order valence-corrected chi connectivity index (χ3v) is 4.61. The molecule has 0 saturated carbocycles. The van der Waals surface area contributed by atoms with Crippen LogP contribution in [0.25, 0.3) is 0 Å². The monoisotopic (exact) mass is 373 g/mol. The van der Waals surface area contributed by atoms with Crippen molar-refractivity contribution in [1.29, 1.82) is 0 Å². The van der Waals surface area contributed by atoms with E-state index < -0.39 is 22.3 Å². The number of rotatable bonds is 6. The van der Waals surface area contributed by atoms with Crippen molar-refractivity contribution in [2.75, 3.05) is 26.3 Å². The van der Waals surface area contributed by atoms with Crippen molar-refractivity contribution in [3.05, 3.63) is 63.4 Å². The SMILES string of the molecule is CC(C)(NC(=O)c1ccc([N+](=O)[O-])o1)c1ccc(CN2CCOCC2)cc1. The second-order valence-electron chi connectivity index (χ2n) is 7.06. The molecular weight excluding hydrogens is 350 g/mol. The molecule has 0 spiro atoms. The summed E-state index contributed by atoms with van der Waals surface area (Å²) in [7, 11) is 0. The number of hydrogen-bond acceptors (Lipinski definition) is 6. The van der Waals surface area contributed by atoms with Gasteiger partial charge in [-0.1, -0.05) is 24.3 Å². The Morgan fingerprint density at radius 2 is 1.85 bits per heavy atom. The van der Waals surface area contributed by atoms with Crippen molar-refractivity contribution in [3.8, 4) is 0 Å². The number of carbonyl (C=O) groups is 1. The lowest BCUT2D eigenvalue weighted by atomic mass is 9.93. The van der Waals surface area contributed by atoms with E-state index in [4.69, 9.17) is 9.15 Å². The highest BCUT2D eigenvalue weighted by Gasteiger charge is 2.26. The Balaban J connectivity index is 1.64. The van der Waals surface area contributed by atoms with Gasteiger partial charge in [-0.25, -0.2) is 0 Å². The molecule has 0 unspecified atom stereocenters. The first-order valence-corrected chi connectivity index (χ1v) is 8.81. The fraction of sp³-hybridized carbons (Fsp3) is 0.421. The van der Waals surface area contributed by atoms with Crippen molar-refractivity contribution in [1.82, 2.24) is 10.2 Å². The predicted octanol–water partition coefficient (Wildman–Crippen LogP) is 2.69. The number of ether oxygens (including phenoxy) is 1. The molecule has 1 amide bonds. The van der Waals surface area contributed by atoms with Crippen LogP contribution in [-0.4, -0.2) is 42.0 Å². The molecule has 2 aromatic rings. The highest BCUT2D eigenvalue weighted by molar-refractivity contribution is 5.92. The van der Waals surface area contributed by atoms with Crippen LogP contribution in [-0.2, 0) is 16.8 Å². The van der Waals surface area contributed by atoms with Crippen molar-refractivity contribution in [2.45, 2.75) is 25.9 Å². The number of morpholine rings is 1. The molecule has 1 aromatic heterocycles. The van der Waals surface area contributed by atoms with Gasteiger partial charge in [0.15, 0.2) is 5.76 Å². The summed E-state index contributed by atoms with van der Waals surface area (Å²) in [6, 6.07) is 10.5. The van der Waals surface area contributed by atoms with Gasteiger partial charge in [0.2, 0.25) is 0 Å². The maximum atomic E-state index is 12.4. The second-order valence-corrected chi connectivity index (χ2v) is 7.06. The summed E-state index contributed by atoms with van der Waals surface area (Å²) >= 11 is 0. The van der Waals surface area contributed by atoms with Crippen LogP contribution in [0.4, 0.5) is 5.88 Å². The van der Waals surface area contributed by atoms with Gasteiger partial charge in [0.1, 0.15) is 4.92 Å². The number of hydrogen-bond donors (Lipinski definition) is 1. The largest absolute Gasteiger partial charge is 0.433 e. The summed E-state index contributed by atoms with van der Waals surface area (Å²) < 4.78 is 10.3. The summed E-state index contributed by atoms with van der Waals surface area (Å²) in [4.78, 5) is 24.7. The zero-order valence-corrected chi connectivity index (χ0v) is 15.4. The number of nitrogens with zero attached hydrogens (tertiary/aromatic N) is 2. The molecule has 8 nitrogen and oxygen atoms in total. The van der Waals surface area contributed by atoms with Gasteiger partial charge in [-0.2, -0.15) is 0 Å². The average molecular weight is 373 g/mol. The molecular formula is C19H23N3O5. The molecule has 1 aromatic carbocycles. The van der Waals surface area contributed by atoms with Crippen LogP contribution in [0.3, 0.4) is 0 Å². The summed E-state index contributed by atoms with van der Waals surface area (Å²) in [5.41, 5.74) is 1.47. The van der Waals surface area contributed by atoms with Crippen molar-refractivity contribution >= 4 is 11.8 Å². The minimum Gasteiger partial charge on any atom is -0.395 e. The Bertz CT molecular complexity index is 807. The quantitative estimate of drug-likeness (QED) is 0.617. The maximum absolute atomic E-state index is 12.4. The molecule has 0 aliphatic carbocycles. The summed E-state index contributed by atoms with van der Waals surface area (Å²) in [6.45, 7) is 8.01. The summed E-state index contributed by atoms with van der Waals surface area (Å²) in [6.07, 6.45) is 0. The Labute approximate surface area is 157 Å². The van der Waals surface area contributed by atoms with Crippen LogP contribution in [0.15, 0.2) is 40.8 Å². The normalized spacial score (nSPS) is 15.5. The van der Waals surface area contributed by atoms with Gasteiger partial charge in [0, 0.05) is 19.6 Å². The zero-order valence-electron chi connectivity index (χ0n) is 15.4. The number of nitro groups is 1. The fourth-order valence-electron chi connectivity index (χ4n) is 3.01. The Morgan fingerprint density at radius 1 is 1.19 bits per heavy atom. The van der Waals surface area contributed by atoms with Gasteiger partial charge in [-0.05, 0) is 31.0 Å². The number of furan rings is 1. The van der Waals surface area contributed by atoms with E-state index in [1.165, 1.54) is 17.7 Å². The third kappa shape index (κ3) is 4.72. The van der Waals surface area contributed by atoms with E-state index in [1.54, 1.807) is 0 Å². The number of benzene rings is 1. The number of carbonyl (C=O) groups excluding carboxylic acids is 1. The highest BCUT2D eigenvalue weighted by atomic mass is 16.6. The molecule has 1 saturated heterocycles. The van der Waals surface area contributed by atoms with Gasteiger partial charge in [0.05, 0.1) is 24.8 Å². The second kappa shape index (κ2) is 7.89. The third-order valence-electron chi connectivity index (χ3n) is 4.61. The first kappa shape index (κ1) is 19.1. The van der Waals surface area contributed by atoms with Gasteiger partial charge in [0.25, 0.3) is 5.91 Å². The number of amides is 1. The van der Waals surface area contributed by atoms with E-state index in [9.17, 15) is 14.9 Å². The van der Waals surface area contributed by atoms with E-state index in [0.29, 0.717) is 0 Å². The van der Waals surface area contributed by atoms with E-state index >= 15 is 0 Å². The Kier molecular flexibility index (Phi) is 5.57. The van der Waals surface area contributed by atoms with Gasteiger partial charge >= 0.3 is 5.88 Å². The summed E-state index contributed by atoms with van der Waals surface area (Å²) in [5, 5.41) is 13.5. The van der Waals surface area contributed by atoms with Crippen molar-refractivity contribution < 1.29 is 18.9 Å². The van der Waals surface area contributed by atoms with Gasteiger partial charge in [-0.3, -0.25) is 19.8 Å². The Hall–Kier alpha value is -2.71. The first-order chi connectivity index (χ1) is 12.8. The molecule has 1 aliphatic rings.